The summed E-state index contributed by atoms with van der Waals surface area (Å²) >= 11 is 11.8. The Labute approximate surface area is 131 Å². The monoisotopic (exact) mass is 316 g/mol. The summed E-state index contributed by atoms with van der Waals surface area (Å²) in [7, 11) is 0. The molecule has 0 aliphatic heterocycles. The lowest BCUT2D eigenvalue weighted by Crippen LogP contribution is -2.12. The molecule has 1 heterocycles. The van der Waals surface area contributed by atoms with E-state index in [1.165, 1.54) is 0 Å². The molecular weight excluding hydrogens is 307 g/mol. The summed E-state index contributed by atoms with van der Waals surface area (Å²) < 4.78 is 0. The minimum Gasteiger partial charge on any atom is -0.321 e. The van der Waals surface area contributed by atoms with Crippen molar-refractivity contribution in [2.24, 2.45) is 0 Å². The Morgan fingerprint density at radius 3 is 2.52 bits per heavy atom. The third kappa shape index (κ3) is 2.99. The first-order chi connectivity index (χ1) is 10.1. The maximum Gasteiger partial charge on any atom is 0.255 e. The Balaban J connectivity index is 1.96. The third-order valence-corrected chi connectivity index (χ3v) is 3.46. The van der Waals surface area contributed by atoms with E-state index in [2.05, 4.69) is 10.3 Å². The molecule has 0 bridgehead atoms. The van der Waals surface area contributed by atoms with Gasteiger partial charge in [0.2, 0.25) is 0 Å². The predicted molar refractivity (Wildman–Crippen MR) is 86.2 cm³/mol. The number of fused-ring (bicyclic) bond motifs is 1. The van der Waals surface area contributed by atoms with Gasteiger partial charge in [0.05, 0.1) is 11.2 Å². The standard InChI is InChI=1S/C16H10Cl2N2O/c17-11-7-10(8-12(18)9-11)16(21)20-15-5-1-4-14-13(15)3-2-6-19-14/h1-9H,(H,20,21). The van der Waals surface area contributed by atoms with Crippen LogP contribution in [0.25, 0.3) is 10.9 Å². The molecule has 1 amide bonds. The van der Waals surface area contributed by atoms with Crippen LogP contribution in [0.3, 0.4) is 0 Å². The fourth-order valence-corrected chi connectivity index (χ4v) is 2.62. The molecule has 5 heteroatoms. The molecule has 0 saturated heterocycles. The first-order valence-electron chi connectivity index (χ1n) is 6.25. The van der Waals surface area contributed by atoms with Gasteiger partial charge in [0, 0.05) is 27.2 Å². The molecule has 0 atom stereocenters. The van der Waals surface area contributed by atoms with Crippen LogP contribution in [0.1, 0.15) is 10.4 Å². The van der Waals surface area contributed by atoms with E-state index in [0.29, 0.717) is 21.3 Å². The molecule has 3 aromatic rings. The van der Waals surface area contributed by atoms with E-state index in [1.54, 1.807) is 24.4 Å². The number of carbonyl (C=O) groups excluding carboxylic acids is 1. The van der Waals surface area contributed by atoms with Crippen molar-refractivity contribution in [3.05, 3.63) is 70.3 Å². The number of anilines is 1. The Morgan fingerprint density at radius 1 is 1.00 bits per heavy atom. The van der Waals surface area contributed by atoms with Crippen LogP contribution >= 0.6 is 23.2 Å². The van der Waals surface area contributed by atoms with Gasteiger partial charge < -0.3 is 5.32 Å². The fourth-order valence-electron chi connectivity index (χ4n) is 2.09. The zero-order valence-electron chi connectivity index (χ0n) is 10.8. The lowest BCUT2D eigenvalue weighted by Gasteiger charge is -2.09. The number of halogens is 2. The van der Waals surface area contributed by atoms with Gasteiger partial charge in [-0.3, -0.25) is 9.78 Å². The molecular formula is C16H10Cl2N2O. The quantitative estimate of drug-likeness (QED) is 0.738. The topological polar surface area (TPSA) is 42.0 Å². The summed E-state index contributed by atoms with van der Waals surface area (Å²) in [6, 6.07) is 14.0. The predicted octanol–water partition coefficient (Wildman–Crippen LogP) is 4.79. The van der Waals surface area contributed by atoms with E-state index in [0.717, 1.165) is 10.9 Å². The molecule has 3 nitrogen and oxygen atoms in total. The van der Waals surface area contributed by atoms with Crippen molar-refractivity contribution in [1.82, 2.24) is 4.98 Å². The second-order valence-corrected chi connectivity index (χ2v) is 5.36. The maximum absolute atomic E-state index is 12.3. The largest absolute Gasteiger partial charge is 0.321 e. The van der Waals surface area contributed by atoms with Gasteiger partial charge in [-0.2, -0.15) is 0 Å². The number of pyridine rings is 1. The molecule has 1 aromatic heterocycles. The fraction of sp³-hybridized carbons (Fsp3) is 0. The number of nitrogens with one attached hydrogen (secondary N) is 1. The van der Waals surface area contributed by atoms with Crippen LogP contribution in [-0.2, 0) is 0 Å². The lowest BCUT2D eigenvalue weighted by molar-refractivity contribution is 0.102. The van der Waals surface area contributed by atoms with E-state index in [9.17, 15) is 4.79 Å². The Hall–Kier alpha value is -2.10. The van der Waals surface area contributed by atoms with Crippen molar-refractivity contribution >= 4 is 45.7 Å². The minimum atomic E-state index is -0.268. The number of amides is 1. The Bertz CT molecular complexity index is 808. The van der Waals surface area contributed by atoms with Crippen LogP contribution in [0.5, 0.6) is 0 Å². The molecule has 0 unspecified atom stereocenters. The smallest absolute Gasteiger partial charge is 0.255 e. The van der Waals surface area contributed by atoms with Crippen molar-refractivity contribution in [3.8, 4) is 0 Å². The summed E-state index contributed by atoms with van der Waals surface area (Å²) in [5.74, 6) is -0.268. The highest BCUT2D eigenvalue weighted by Gasteiger charge is 2.10. The second kappa shape index (κ2) is 5.72. The highest BCUT2D eigenvalue weighted by atomic mass is 35.5. The van der Waals surface area contributed by atoms with Gasteiger partial charge in [-0.1, -0.05) is 29.3 Å². The summed E-state index contributed by atoms with van der Waals surface area (Å²) in [6.45, 7) is 0. The molecule has 104 valence electrons. The number of hydrogen-bond donors (Lipinski definition) is 1. The molecule has 0 spiro atoms. The van der Waals surface area contributed by atoms with Crippen molar-refractivity contribution in [2.45, 2.75) is 0 Å². The average molecular weight is 317 g/mol. The molecule has 0 fully saturated rings. The molecule has 3 rings (SSSR count). The SMILES string of the molecule is O=C(Nc1cccc2ncccc12)c1cc(Cl)cc(Cl)c1. The normalized spacial score (nSPS) is 10.6. The molecule has 21 heavy (non-hydrogen) atoms. The summed E-state index contributed by atoms with van der Waals surface area (Å²) in [4.78, 5) is 16.6. The highest BCUT2D eigenvalue weighted by Crippen LogP contribution is 2.23. The first-order valence-corrected chi connectivity index (χ1v) is 7.00. The van der Waals surface area contributed by atoms with E-state index >= 15 is 0 Å². The zero-order chi connectivity index (χ0) is 14.8. The molecule has 0 saturated carbocycles. The highest BCUT2D eigenvalue weighted by molar-refractivity contribution is 6.35. The zero-order valence-corrected chi connectivity index (χ0v) is 12.3. The molecule has 1 N–H and O–H groups in total. The van der Waals surface area contributed by atoms with Crippen molar-refractivity contribution in [3.63, 3.8) is 0 Å². The van der Waals surface area contributed by atoms with Crippen molar-refractivity contribution in [1.29, 1.82) is 0 Å². The van der Waals surface area contributed by atoms with E-state index in [4.69, 9.17) is 23.2 Å². The van der Waals surface area contributed by atoms with E-state index in [1.807, 2.05) is 30.3 Å². The molecule has 0 radical (unpaired) electrons. The summed E-state index contributed by atoms with van der Waals surface area (Å²) in [5.41, 5.74) is 1.93. The number of hydrogen-bond acceptors (Lipinski definition) is 2. The second-order valence-electron chi connectivity index (χ2n) is 4.49. The van der Waals surface area contributed by atoms with Crippen molar-refractivity contribution < 1.29 is 4.79 Å². The maximum atomic E-state index is 12.3. The van der Waals surface area contributed by atoms with Crippen LogP contribution in [0.15, 0.2) is 54.7 Å². The average Bonchev–Trinajstić information content (AvgIpc) is 2.46. The Kier molecular flexibility index (Phi) is 3.78. The number of nitrogens with zero attached hydrogens (tertiary/aromatic N) is 1. The van der Waals surface area contributed by atoms with Gasteiger partial charge in [0.15, 0.2) is 0 Å². The van der Waals surface area contributed by atoms with Gasteiger partial charge in [0.1, 0.15) is 0 Å². The number of rotatable bonds is 2. The summed E-state index contributed by atoms with van der Waals surface area (Å²) in [5, 5.41) is 4.58. The van der Waals surface area contributed by atoms with Crippen LogP contribution in [-0.4, -0.2) is 10.9 Å². The van der Waals surface area contributed by atoms with Gasteiger partial charge in [0.25, 0.3) is 5.91 Å². The van der Waals surface area contributed by atoms with Crippen LogP contribution < -0.4 is 5.32 Å². The molecule has 0 aliphatic rings. The molecule has 2 aromatic carbocycles. The number of aromatic nitrogens is 1. The third-order valence-electron chi connectivity index (χ3n) is 3.02. The summed E-state index contributed by atoms with van der Waals surface area (Å²) in [6.07, 6.45) is 1.71. The number of benzene rings is 2. The van der Waals surface area contributed by atoms with Crippen molar-refractivity contribution in [2.75, 3.05) is 5.32 Å². The minimum absolute atomic E-state index is 0.268. The van der Waals surface area contributed by atoms with Crippen LogP contribution in [0.2, 0.25) is 10.0 Å². The van der Waals surface area contributed by atoms with Gasteiger partial charge in [-0.25, -0.2) is 0 Å². The number of carbonyl (C=O) groups is 1. The van der Waals surface area contributed by atoms with Gasteiger partial charge in [-0.05, 0) is 42.5 Å². The Morgan fingerprint density at radius 2 is 1.76 bits per heavy atom. The van der Waals surface area contributed by atoms with E-state index in [-0.39, 0.29) is 5.91 Å². The van der Waals surface area contributed by atoms with Crippen LogP contribution in [0.4, 0.5) is 5.69 Å². The lowest BCUT2D eigenvalue weighted by atomic mass is 10.1. The van der Waals surface area contributed by atoms with Crippen LogP contribution in [0, 0.1) is 0 Å². The van der Waals surface area contributed by atoms with Gasteiger partial charge in [-0.15, -0.1) is 0 Å². The van der Waals surface area contributed by atoms with Gasteiger partial charge >= 0.3 is 0 Å². The van der Waals surface area contributed by atoms with E-state index < -0.39 is 0 Å². The first kappa shape index (κ1) is 13.9. The molecule has 0 aliphatic carbocycles.